The second kappa shape index (κ2) is 5.35. The molecule has 1 aliphatic rings. The summed E-state index contributed by atoms with van der Waals surface area (Å²) in [6.45, 7) is 1.56. The van der Waals surface area contributed by atoms with Crippen molar-refractivity contribution < 1.29 is 33.2 Å². The fourth-order valence-corrected chi connectivity index (χ4v) is 2.36. The van der Waals surface area contributed by atoms with Gasteiger partial charge in [0.1, 0.15) is 16.8 Å². The van der Waals surface area contributed by atoms with Gasteiger partial charge in [0.15, 0.2) is 0 Å². The molecule has 3 aromatic rings. The van der Waals surface area contributed by atoms with E-state index in [1.165, 1.54) is 0 Å². The number of hydrogen-bond donors (Lipinski definition) is 3. The topological polar surface area (TPSA) is 165 Å². The lowest BCUT2D eigenvalue weighted by Crippen LogP contribution is -2.19. The molecule has 0 radical (unpaired) electrons. The lowest BCUT2D eigenvalue weighted by molar-refractivity contribution is -0.140. The summed E-state index contributed by atoms with van der Waals surface area (Å²) < 4.78 is 15.6. The summed E-state index contributed by atoms with van der Waals surface area (Å²) in [5.41, 5.74) is -0.571. The molecule has 11 heteroatoms. The van der Waals surface area contributed by atoms with Crippen LogP contribution in [0.4, 0.5) is 10.5 Å². The number of fused-ring (bicyclic) bond motifs is 1. The van der Waals surface area contributed by atoms with Crippen molar-refractivity contribution in [3.63, 3.8) is 0 Å². The summed E-state index contributed by atoms with van der Waals surface area (Å²) in [5, 5.41) is 23.8. The third-order valence-electron chi connectivity index (χ3n) is 3.92. The lowest BCUT2D eigenvalue weighted by Gasteiger charge is -2.01. The maximum atomic E-state index is 11.3. The molecule has 0 saturated heterocycles. The van der Waals surface area contributed by atoms with E-state index in [4.69, 9.17) is 18.5 Å². The molecule has 0 aromatic carbocycles. The number of carboxylic acids is 1. The normalized spacial score (nSPS) is 14.7. The van der Waals surface area contributed by atoms with Crippen LogP contribution >= 0.6 is 0 Å². The van der Waals surface area contributed by atoms with E-state index in [1.807, 2.05) is 0 Å². The predicted molar refractivity (Wildman–Crippen MR) is 81.5 cm³/mol. The van der Waals surface area contributed by atoms with Crippen LogP contribution in [-0.4, -0.2) is 37.4 Å². The highest BCUT2D eigenvalue weighted by Gasteiger charge is 2.56. The monoisotopic (exact) mass is 358 g/mol. The largest absolute Gasteiger partial charge is 0.480 e. The molecule has 3 N–H and O–H groups in total. The van der Waals surface area contributed by atoms with Gasteiger partial charge in [-0.2, -0.15) is 9.97 Å². The summed E-state index contributed by atoms with van der Waals surface area (Å²) in [6, 6.07) is 0. The smallest absolute Gasteiger partial charge is 0.409 e. The predicted octanol–water partition coefficient (Wildman–Crippen LogP) is 1.72. The van der Waals surface area contributed by atoms with E-state index < -0.39 is 17.5 Å². The number of carbonyl (C=O) groups is 2. The zero-order chi connectivity index (χ0) is 18.5. The van der Waals surface area contributed by atoms with Gasteiger partial charge in [-0.1, -0.05) is 5.16 Å². The number of nitrogens with one attached hydrogen (secondary N) is 1. The fraction of sp³-hybridized carbons (Fsp3) is 0.267. The molecule has 0 aliphatic heterocycles. The Balaban J connectivity index is 1.62. The van der Waals surface area contributed by atoms with Crippen molar-refractivity contribution in [1.29, 1.82) is 0 Å². The summed E-state index contributed by atoms with van der Waals surface area (Å²) >= 11 is 0. The average Bonchev–Trinajstić information content (AvgIpc) is 3.02. The van der Waals surface area contributed by atoms with Crippen molar-refractivity contribution >= 4 is 29.2 Å². The van der Waals surface area contributed by atoms with Crippen LogP contribution in [0.3, 0.4) is 0 Å². The van der Waals surface area contributed by atoms with Crippen LogP contribution in [0.5, 0.6) is 0 Å². The number of aromatic nitrogens is 3. The Morgan fingerprint density at radius 2 is 1.88 bits per heavy atom. The number of hydrogen-bond acceptors (Lipinski definition) is 8. The third kappa shape index (κ3) is 2.44. The van der Waals surface area contributed by atoms with Gasteiger partial charge in [0.05, 0.1) is 0 Å². The number of anilines is 1. The van der Waals surface area contributed by atoms with E-state index >= 15 is 0 Å². The first-order valence-corrected chi connectivity index (χ1v) is 7.38. The Hall–Kier alpha value is -3.81. The van der Waals surface area contributed by atoms with E-state index in [1.54, 1.807) is 6.92 Å². The quantitative estimate of drug-likeness (QED) is 0.587. The minimum Gasteiger partial charge on any atom is -0.480 e. The molecule has 0 spiro atoms. The Morgan fingerprint density at radius 3 is 2.50 bits per heavy atom. The Labute approximate surface area is 144 Å². The van der Waals surface area contributed by atoms with Gasteiger partial charge in [-0.05, 0) is 25.7 Å². The van der Waals surface area contributed by atoms with Gasteiger partial charge in [-0.3, -0.25) is 10.1 Å². The van der Waals surface area contributed by atoms with Crippen molar-refractivity contribution in [2.24, 2.45) is 0 Å². The van der Waals surface area contributed by atoms with E-state index in [2.05, 4.69) is 32.3 Å². The van der Waals surface area contributed by atoms with Crippen molar-refractivity contribution in [2.75, 3.05) is 5.32 Å². The minimum absolute atomic E-state index is 0.00354. The minimum atomic E-state index is -1.28. The molecular formula is C15H10N4O7. The summed E-state index contributed by atoms with van der Waals surface area (Å²) in [5.74, 6) is 4.12. The van der Waals surface area contributed by atoms with Crippen LogP contribution in [0.2, 0.25) is 0 Å². The first-order valence-electron chi connectivity index (χ1n) is 7.38. The molecule has 11 nitrogen and oxygen atoms in total. The summed E-state index contributed by atoms with van der Waals surface area (Å²) in [7, 11) is 0. The van der Waals surface area contributed by atoms with Crippen molar-refractivity contribution in [2.45, 2.75) is 25.2 Å². The Kier molecular flexibility index (Phi) is 3.23. The van der Waals surface area contributed by atoms with Crippen molar-refractivity contribution in [3.05, 3.63) is 23.2 Å². The molecule has 1 aliphatic carbocycles. The SMILES string of the molecule is Cc1noc(C#Cc2nc3oc(C4(C(=O)O)CC4)nc3o2)c1NC(=O)O. The van der Waals surface area contributed by atoms with Gasteiger partial charge >= 0.3 is 12.1 Å². The Morgan fingerprint density at radius 1 is 1.15 bits per heavy atom. The maximum absolute atomic E-state index is 11.3. The highest BCUT2D eigenvalue weighted by atomic mass is 16.5. The van der Waals surface area contributed by atoms with Crippen LogP contribution in [0.25, 0.3) is 11.4 Å². The molecule has 26 heavy (non-hydrogen) atoms. The summed E-state index contributed by atoms with van der Waals surface area (Å²) in [6.07, 6.45) is -0.387. The number of oxazole rings is 2. The van der Waals surface area contributed by atoms with E-state index in [0.717, 1.165) is 0 Å². The highest BCUT2D eigenvalue weighted by molar-refractivity contribution is 5.85. The van der Waals surface area contributed by atoms with E-state index in [9.17, 15) is 14.7 Å². The second-order valence-electron chi connectivity index (χ2n) is 5.69. The second-order valence-corrected chi connectivity index (χ2v) is 5.69. The van der Waals surface area contributed by atoms with Gasteiger partial charge in [0.25, 0.3) is 17.3 Å². The van der Waals surface area contributed by atoms with E-state index in [-0.39, 0.29) is 34.7 Å². The molecule has 0 atom stereocenters. The van der Waals surface area contributed by atoms with Crippen LogP contribution in [0, 0.1) is 18.8 Å². The number of amides is 1. The zero-order valence-electron chi connectivity index (χ0n) is 13.2. The van der Waals surface area contributed by atoms with Gasteiger partial charge in [-0.25, -0.2) is 4.79 Å². The Bertz CT molecular complexity index is 1070. The van der Waals surface area contributed by atoms with Crippen LogP contribution in [0.1, 0.15) is 36.1 Å². The molecule has 132 valence electrons. The molecule has 3 aromatic heterocycles. The number of rotatable bonds is 3. The number of nitrogens with zero attached hydrogens (tertiary/aromatic N) is 3. The van der Waals surface area contributed by atoms with Gasteiger partial charge in [-0.15, -0.1) is 0 Å². The molecule has 4 rings (SSSR count). The first kappa shape index (κ1) is 15.7. The molecule has 3 heterocycles. The van der Waals surface area contributed by atoms with Gasteiger partial charge in [0.2, 0.25) is 11.7 Å². The van der Waals surface area contributed by atoms with Crippen LogP contribution in [-0.2, 0) is 10.2 Å². The standard InChI is InChI=1S/C15H10N4O7/c1-6-9(17-14(22)23)7(26-19-6)2-3-8-16-10-11(24-8)18-12(25-10)15(4-5-15)13(20)21/h17H,4-5H2,1H3,(H,20,21)(H,22,23). The van der Waals surface area contributed by atoms with Crippen molar-refractivity contribution in [1.82, 2.24) is 15.1 Å². The molecule has 1 fully saturated rings. The number of carboxylic acid groups (broad SMARTS) is 2. The van der Waals surface area contributed by atoms with E-state index in [0.29, 0.717) is 18.5 Å². The zero-order valence-corrected chi connectivity index (χ0v) is 13.2. The number of aryl methyl sites for hydroxylation is 1. The van der Waals surface area contributed by atoms with Crippen molar-refractivity contribution in [3.8, 4) is 11.8 Å². The van der Waals surface area contributed by atoms with Gasteiger partial charge in [0, 0.05) is 5.92 Å². The van der Waals surface area contributed by atoms with Crippen LogP contribution < -0.4 is 5.32 Å². The lowest BCUT2D eigenvalue weighted by atomic mass is 10.1. The van der Waals surface area contributed by atoms with Crippen LogP contribution in [0.15, 0.2) is 13.4 Å². The molecule has 1 amide bonds. The first-order chi connectivity index (χ1) is 12.4. The molecule has 1 saturated carbocycles. The van der Waals surface area contributed by atoms with Gasteiger partial charge < -0.3 is 23.6 Å². The third-order valence-corrected chi connectivity index (χ3v) is 3.92. The average molecular weight is 358 g/mol. The molecule has 0 bridgehead atoms. The summed E-state index contributed by atoms with van der Waals surface area (Å²) in [4.78, 5) is 30.1. The fourth-order valence-electron chi connectivity index (χ4n) is 2.36. The maximum Gasteiger partial charge on any atom is 0.409 e. The molecular weight excluding hydrogens is 348 g/mol. The molecule has 0 unspecified atom stereocenters. The highest BCUT2D eigenvalue weighted by Crippen LogP contribution is 2.48. The number of aliphatic carboxylic acids is 1.